The smallest absolute Gasteiger partial charge is 0.0623 e. The van der Waals surface area contributed by atoms with Crippen LogP contribution in [0, 0.1) is 0 Å². The Bertz CT molecular complexity index is 225. The lowest BCUT2D eigenvalue weighted by molar-refractivity contribution is 0.504. The lowest BCUT2D eigenvalue weighted by atomic mass is 10.0. The van der Waals surface area contributed by atoms with Crippen molar-refractivity contribution in [3.63, 3.8) is 0 Å². The van der Waals surface area contributed by atoms with Crippen molar-refractivity contribution in [2.75, 3.05) is 0 Å². The van der Waals surface area contributed by atoms with Crippen molar-refractivity contribution in [2.24, 2.45) is 0 Å². The molecule has 14 heavy (non-hydrogen) atoms. The molecule has 0 saturated heterocycles. The Hall–Kier alpha value is -1.11. The highest BCUT2D eigenvalue weighted by molar-refractivity contribution is 5.40. The van der Waals surface area contributed by atoms with E-state index >= 15 is 0 Å². The third-order valence-corrected chi connectivity index (χ3v) is 2.40. The maximum absolute atomic E-state index is 3.98. The van der Waals surface area contributed by atoms with Gasteiger partial charge in [0.2, 0.25) is 0 Å². The number of hydrogen-bond acceptors (Lipinski definition) is 1. The molecule has 0 N–H and O–H groups in total. The van der Waals surface area contributed by atoms with Crippen LogP contribution in [0.15, 0.2) is 31.0 Å². The van der Waals surface area contributed by atoms with Gasteiger partial charge in [-0.2, -0.15) is 0 Å². The van der Waals surface area contributed by atoms with Crippen LogP contribution < -0.4 is 0 Å². The summed E-state index contributed by atoms with van der Waals surface area (Å²) in [6.07, 6.45) is 12.5. The van der Waals surface area contributed by atoms with Gasteiger partial charge in [-0.3, -0.25) is 4.98 Å². The molecule has 2 rings (SSSR count). The molecule has 1 aromatic rings. The Labute approximate surface area is 86.9 Å². The largest absolute Gasteiger partial charge is 0.257 e. The molecule has 0 aromatic carbocycles. The van der Waals surface area contributed by atoms with Crippen molar-refractivity contribution in [3.05, 3.63) is 36.7 Å². The highest BCUT2D eigenvalue weighted by Crippen LogP contribution is 2.15. The van der Waals surface area contributed by atoms with Crippen molar-refractivity contribution in [2.45, 2.75) is 38.5 Å². The van der Waals surface area contributed by atoms with Gasteiger partial charge in [0.25, 0.3) is 0 Å². The van der Waals surface area contributed by atoms with E-state index in [-0.39, 0.29) is 0 Å². The van der Waals surface area contributed by atoms with Gasteiger partial charge in [0.1, 0.15) is 0 Å². The van der Waals surface area contributed by atoms with Crippen LogP contribution in [0.4, 0.5) is 0 Å². The molecule has 0 aliphatic heterocycles. The first-order valence-corrected chi connectivity index (χ1v) is 5.47. The van der Waals surface area contributed by atoms with Crippen molar-refractivity contribution < 1.29 is 0 Å². The van der Waals surface area contributed by atoms with Gasteiger partial charge in [-0.15, -0.1) is 0 Å². The topological polar surface area (TPSA) is 12.9 Å². The SMILES string of the molecule is C1CCCCC1.C=Cc1ccccn1. The third-order valence-electron chi connectivity index (χ3n) is 2.40. The van der Waals surface area contributed by atoms with Crippen molar-refractivity contribution in [1.82, 2.24) is 4.98 Å². The number of aromatic nitrogens is 1. The molecule has 0 radical (unpaired) electrons. The normalized spacial score (nSPS) is 15.1. The van der Waals surface area contributed by atoms with Gasteiger partial charge >= 0.3 is 0 Å². The van der Waals surface area contributed by atoms with Crippen LogP contribution in [0.25, 0.3) is 6.08 Å². The van der Waals surface area contributed by atoms with E-state index < -0.39 is 0 Å². The fourth-order valence-electron chi connectivity index (χ4n) is 1.56. The predicted octanol–water partition coefficient (Wildman–Crippen LogP) is 4.07. The van der Waals surface area contributed by atoms with Crippen molar-refractivity contribution in [1.29, 1.82) is 0 Å². The lowest BCUT2D eigenvalue weighted by Gasteiger charge is -2.05. The van der Waals surface area contributed by atoms with Crippen LogP contribution in [0.1, 0.15) is 44.2 Å². The molecule has 1 fully saturated rings. The first kappa shape index (κ1) is 11.0. The van der Waals surface area contributed by atoms with Gasteiger partial charge in [-0.05, 0) is 18.2 Å². The van der Waals surface area contributed by atoms with E-state index in [1.54, 1.807) is 12.3 Å². The van der Waals surface area contributed by atoms with E-state index in [9.17, 15) is 0 Å². The van der Waals surface area contributed by atoms with Gasteiger partial charge in [-0.1, -0.05) is 51.2 Å². The molecule has 0 spiro atoms. The van der Waals surface area contributed by atoms with Crippen LogP contribution in [0.3, 0.4) is 0 Å². The molecule has 1 nitrogen and oxygen atoms in total. The Morgan fingerprint density at radius 3 is 1.86 bits per heavy atom. The first-order chi connectivity index (χ1) is 6.93. The van der Waals surface area contributed by atoms with E-state index in [1.165, 1.54) is 38.5 Å². The van der Waals surface area contributed by atoms with E-state index in [2.05, 4.69) is 11.6 Å². The minimum Gasteiger partial charge on any atom is -0.257 e. The molecular formula is C13H19N. The average molecular weight is 189 g/mol. The van der Waals surface area contributed by atoms with Gasteiger partial charge in [0.15, 0.2) is 0 Å². The monoisotopic (exact) mass is 189 g/mol. The summed E-state index contributed by atoms with van der Waals surface area (Å²) in [5, 5.41) is 0. The number of pyridine rings is 1. The summed E-state index contributed by atoms with van der Waals surface area (Å²) < 4.78 is 0. The molecule has 1 saturated carbocycles. The predicted molar refractivity (Wildman–Crippen MR) is 62.0 cm³/mol. The van der Waals surface area contributed by atoms with Crippen molar-refractivity contribution in [3.8, 4) is 0 Å². The molecule has 1 aliphatic carbocycles. The van der Waals surface area contributed by atoms with E-state index in [0.717, 1.165) is 5.69 Å². The maximum Gasteiger partial charge on any atom is 0.0623 e. The summed E-state index contributed by atoms with van der Waals surface area (Å²) in [6, 6.07) is 5.73. The second kappa shape index (κ2) is 7.31. The summed E-state index contributed by atoms with van der Waals surface area (Å²) in [4.78, 5) is 3.98. The van der Waals surface area contributed by atoms with Crippen LogP contribution in [0.2, 0.25) is 0 Å². The minimum atomic E-state index is 0.924. The molecule has 1 aliphatic rings. The van der Waals surface area contributed by atoms with Crippen molar-refractivity contribution >= 4 is 6.08 Å². The highest BCUT2D eigenvalue weighted by Gasteiger charge is 1.95. The highest BCUT2D eigenvalue weighted by atomic mass is 14.6. The summed E-state index contributed by atoms with van der Waals surface area (Å²) in [5.74, 6) is 0. The second-order valence-corrected chi connectivity index (χ2v) is 3.58. The van der Waals surface area contributed by atoms with Crippen LogP contribution in [0.5, 0.6) is 0 Å². The third kappa shape index (κ3) is 4.80. The zero-order valence-corrected chi connectivity index (χ0v) is 8.78. The number of nitrogens with zero attached hydrogens (tertiary/aromatic N) is 1. The van der Waals surface area contributed by atoms with E-state index in [1.807, 2.05) is 18.2 Å². The number of hydrogen-bond donors (Lipinski definition) is 0. The molecule has 0 bridgehead atoms. The Balaban J connectivity index is 0.000000146. The second-order valence-electron chi connectivity index (χ2n) is 3.58. The van der Waals surface area contributed by atoms with Gasteiger partial charge < -0.3 is 0 Å². The molecule has 0 amide bonds. The zero-order chi connectivity index (χ0) is 10.1. The lowest BCUT2D eigenvalue weighted by Crippen LogP contribution is -1.85. The Morgan fingerprint density at radius 1 is 1.00 bits per heavy atom. The minimum absolute atomic E-state index is 0.924. The van der Waals surface area contributed by atoms with Crippen LogP contribution >= 0.6 is 0 Å². The summed E-state index contributed by atoms with van der Waals surface area (Å²) >= 11 is 0. The molecule has 0 atom stereocenters. The molecule has 1 heteroatoms. The van der Waals surface area contributed by atoms with Crippen LogP contribution in [-0.4, -0.2) is 4.98 Å². The standard InChI is InChI=1S/C7H7N.C6H12/c1-2-7-5-3-4-6-8-7;1-2-4-6-5-3-1/h2-6H,1H2;1-6H2. The van der Waals surface area contributed by atoms with E-state index in [0.29, 0.717) is 0 Å². The average Bonchev–Trinajstić information content (AvgIpc) is 2.33. The molecule has 0 unspecified atom stereocenters. The number of rotatable bonds is 1. The summed E-state index contributed by atoms with van der Waals surface area (Å²) in [7, 11) is 0. The molecule has 1 aromatic heterocycles. The van der Waals surface area contributed by atoms with Gasteiger partial charge in [0, 0.05) is 6.20 Å². The zero-order valence-electron chi connectivity index (χ0n) is 8.78. The quantitative estimate of drug-likeness (QED) is 0.649. The Kier molecular flexibility index (Phi) is 5.73. The van der Waals surface area contributed by atoms with E-state index in [4.69, 9.17) is 0 Å². The summed E-state index contributed by atoms with van der Waals surface area (Å²) in [6.45, 7) is 3.57. The van der Waals surface area contributed by atoms with Gasteiger partial charge in [0.05, 0.1) is 5.69 Å². The molecular weight excluding hydrogens is 170 g/mol. The molecule has 76 valence electrons. The van der Waals surface area contributed by atoms with Crippen LogP contribution in [-0.2, 0) is 0 Å². The first-order valence-electron chi connectivity index (χ1n) is 5.47. The molecule has 1 heterocycles. The van der Waals surface area contributed by atoms with Gasteiger partial charge in [-0.25, -0.2) is 0 Å². The fourth-order valence-corrected chi connectivity index (χ4v) is 1.56. The fraction of sp³-hybridized carbons (Fsp3) is 0.462. The summed E-state index contributed by atoms with van der Waals surface area (Å²) in [5.41, 5.74) is 0.924. The Morgan fingerprint density at radius 2 is 1.57 bits per heavy atom. The maximum atomic E-state index is 3.98.